The second-order valence-electron chi connectivity index (χ2n) is 5.18. The average Bonchev–Trinajstić information content (AvgIpc) is 2.51. The summed E-state index contributed by atoms with van der Waals surface area (Å²) in [6, 6.07) is 24.7. The molecule has 0 heterocycles. The smallest absolute Gasteiger partial charge is 0.140 e. The summed E-state index contributed by atoms with van der Waals surface area (Å²) in [6.07, 6.45) is 0. The molecule has 0 amide bonds. The topological polar surface area (TPSA) is 9.23 Å². The van der Waals surface area contributed by atoms with Crippen LogP contribution in [0.15, 0.2) is 72.8 Å². The van der Waals surface area contributed by atoms with Gasteiger partial charge < -0.3 is 4.74 Å². The Hall–Kier alpha value is -2.48. The summed E-state index contributed by atoms with van der Waals surface area (Å²) < 4.78 is 6.15. The van der Waals surface area contributed by atoms with E-state index in [1.807, 2.05) is 36.4 Å². The number of ether oxygens (including phenoxy) is 1. The molecule has 0 atom stereocenters. The molecule has 1 nitrogen and oxygen atoms in total. The number of benzene rings is 3. The summed E-state index contributed by atoms with van der Waals surface area (Å²) in [6.45, 7) is 2.06. The van der Waals surface area contributed by atoms with Crippen LogP contribution in [-0.4, -0.2) is 7.85 Å². The zero-order valence-electron chi connectivity index (χ0n) is 12.3. The normalized spacial score (nSPS) is 10.3. The highest BCUT2D eigenvalue weighted by Gasteiger charge is 2.09. The van der Waals surface area contributed by atoms with Crippen LogP contribution in [-0.2, 0) is 0 Å². The molecule has 0 aliphatic heterocycles. The first-order chi connectivity index (χ1) is 10.3. The van der Waals surface area contributed by atoms with E-state index in [-0.39, 0.29) is 0 Å². The van der Waals surface area contributed by atoms with E-state index in [4.69, 9.17) is 4.74 Å². The SMILES string of the molecule is Bc1ccccc1-c1ccccc1Oc1ccccc1C. The first kappa shape index (κ1) is 13.5. The van der Waals surface area contributed by atoms with Crippen molar-refractivity contribution in [1.82, 2.24) is 0 Å². The molecule has 0 N–H and O–H groups in total. The van der Waals surface area contributed by atoms with Gasteiger partial charge >= 0.3 is 0 Å². The van der Waals surface area contributed by atoms with Gasteiger partial charge in [-0.1, -0.05) is 66.1 Å². The van der Waals surface area contributed by atoms with E-state index < -0.39 is 0 Å². The highest BCUT2D eigenvalue weighted by molar-refractivity contribution is 6.36. The largest absolute Gasteiger partial charge is 0.456 e. The van der Waals surface area contributed by atoms with Crippen LogP contribution in [0.4, 0.5) is 0 Å². The third kappa shape index (κ3) is 2.85. The van der Waals surface area contributed by atoms with Gasteiger partial charge in [-0.05, 0) is 30.2 Å². The third-order valence-electron chi connectivity index (χ3n) is 3.64. The molecule has 0 saturated carbocycles. The Morgan fingerprint density at radius 1 is 0.667 bits per heavy atom. The van der Waals surface area contributed by atoms with Crippen LogP contribution in [0.25, 0.3) is 11.1 Å². The van der Waals surface area contributed by atoms with E-state index >= 15 is 0 Å². The van der Waals surface area contributed by atoms with Crippen molar-refractivity contribution in [1.29, 1.82) is 0 Å². The minimum atomic E-state index is 0.890. The van der Waals surface area contributed by atoms with Crippen LogP contribution in [0.3, 0.4) is 0 Å². The van der Waals surface area contributed by atoms with Crippen LogP contribution in [0.2, 0.25) is 0 Å². The summed E-state index contributed by atoms with van der Waals surface area (Å²) in [5.74, 6) is 1.79. The summed E-state index contributed by atoms with van der Waals surface area (Å²) in [5, 5.41) is 0. The van der Waals surface area contributed by atoms with Crippen LogP contribution in [0, 0.1) is 6.92 Å². The second kappa shape index (κ2) is 5.88. The van der Waals surface area contributed by atoms with Gasteiger partial charge in [-0.15, -0.1) is 0 Å². The fourth-order valence-electron chi connectivity index (χ4n) is 2.44. The van der Waals surface area contributed by atoms with Gasteiger partial charge in [0.25, 0.3) is 0 Å². The Morgan fingerprint density at radius 2 is 1.24 bits per heavy atom. The van der Waals surface area contributed by atoms with Crippen LogP contribution in [0.5, 0.6) is 11.5 Å². The van der Waals surface area contributed by atoms with E-state index in [0.29, 0.717) is 0 Å². The lowest BCUT2D eigenvalue weighted by molar-refractivity contribution is 0.481. The Labute approximate surface area is 126 Å². The van der Waals surface area contributed by atoms with Crippen molar-refractivity contribution in [2.24, 2.45) is 0 Å². The summed E-state index contributed by atoms with van der Waals surface area (Å²) in [7, 11) is 2.12. The number of para-hydroxylation sites is 2. The number of hydrogen-bond donors (Lipinski definition) is 0. The molecule has 0 aromatic heterocycles. The molecule has 0 saturated heterocycles. The number of hydrogen-bond acceptors (Lipinski definition) is 1. The molecule has 0 spiro atoms. The first-order valence-corrected chi connectivity index (χ1v) is 7.14. The molecular formula is C19H17BO. The highest BCUT2D eigenvalue weighted by atomic mass is 16.5. The molecule has 0 unspecified atom stereocenters. The fraction of sp³-hybridized carbons (Fsp3) is 0.0526. The Balaban J connectivity index is 2.05. The van der Waals surface area contributed by atoms with Gasteiger partial charge in [0.1, 0.15) is 19.3 Å². The molecule has 0 fully saturated rings. The van der Waals surface area contributed by atoms with E-state index in [1.54, 1.807) is 0 Å². The molecule has 0 radical (unpaired) electrons. The van der Waals surface area contributed by atoms with Crippen LogP contribution < -0.4 is 10.2 Å². The first-order valence-electron chi connectivity index (χ1n) is 7.14. The predicted octanol–water partition coefficient (Wildman–Crippen LogP) is 3.71. The number of aryl methyl sites for hydroxylation is 1. The molecule has 2 heteroatoms. The lowest BCUT2D eigenvalue weighted by Gasteiger charge is -2.14. The van der Waals surface area contributed by atoms with Crippen molar-refractivity contribution in [3.63, 3.8) is 0 Å². The van der Waals surface area contributed by atoms with Gasteiger partial charge in [-0.25, -0.2) is 0 Å². The van der Waals surface area contributed by atoms with Crippen molar-refractivity contribution in [3.8, 4) is 22.6 Å². The van der Waals surface area contributed by atoms with Crippen molar-refractivity contribution in [2.45, 2.75) is 6.92 Å². The molecule has 0 bridgehead atoms. The maximum absolute atomic E-state index is 6.15. The Morgan fingerprint density at radius 3 is 1.95 bits per heavy atom. The van der Waals surface area contributed by atoms with Gasteiger partial charge in [-0.3, -0.25) is 0 Å². The Bertz CT molecular complexity index is 765. The van der Waals surface area contributed by atoms with Crippen molar-refractivity contribution in [2.75, 3.05) is 0 Å². The van der Waals surface area contributed by atoms with Gasteiger partial charge in [0.15, 0.2) is 0 Å². The lowest BCUT2D eigenvalue weighted by atomic mass is 9.87. The molecule has 0 aliphatic rings. The standard InChI is InChI=1S/C19H17BO/c1-14-8-2-6-12-18(14)21-19-13-7-4-10-16(19)15-9-3-5-11-17(15)20/h2-13H,20H2,1H3. The molecule has 102 valence electrons. The van der Waals surface area contributed by atoms with Gasteiger partial charge in [-0.2, -0.15) is 0 Å². The quantitative estimate of drug-likeness (QED) is 0.660. The van der Waals surface area contributed by atoms with E-state index in [1.165, 1.54) is 11.0 Å². The van der Waals surface area contributed by atoms with Crippen molar-refractivity contribution >= 4 is 13.3 Å². The van der Waals surface area contributed by atoms with E-state index in [0.717, 1.165) is 22.6 Å². The Kier molecular flexibility index (Phi) is 3.78. The zero-order valence-corrected chi connectivity index (χ0v) is 12.3. The highest BCUT2D eigenvalue weighted by Crippen LogP contribution is 2.33. The van der Waals surface area contributed by atoms with Gasteiger partial charge in [0.2, 0.25) is 0 Å². The maximum atomic E-state index is 6.15. The lowest BCUT2D eigenvalue weighted by Crippen LogP contribution is -2.06. The number of rotatable bonds is 3. The molecule has 3 aromatic carbocycles. The summed E-state index contributed by atoms with van der Waals surface area (Å²) in [4.78, 5) is 0. The van der Waals surface area contributed by atoms with Gasteiger partial charge in [0, 0.05) is 5.56 Å². The summed E-state index contributed by atoms with van der Waals surface area (Å²) >= 11 is 0. The van der Waals surface area contributed by atoms with Gasteiger partial charge in [0.05, 0.1) is 0 Å². The molecular weight excluding hydrogens is 255 g/mol. The summed E-state index contributed by atoms with van der Waals surface area (Å²) in [5.41, 5.74) is 4.72. The minimum absolute atomic E-state index is 0.890. The van der Waals surface area contributed by atoms with Crippen LogP contribution >= 0.6 is 0 Å². The predicted molar refractivity (Wildman–Crippen MR) is 91.3 cm³/mol. The fourth-order valence-corrected chi connectivity index (χ4v) is 2.44. The molecule has 0 aliphatic carbocycles. The van der Waals surface area contributed by atoms with Crippen molar-refractivity contribution in [3.05, 3.63) is 78.4 Å². The van der Waals surface area contributed by atoms with Crippen LogP contribution in [0.1, 0.15) is 5.56 Å². The molecule has 3 rings (SSSR count). The van der Waals surface area contributed by atoms with E-state index in [9.17, 15) is 0 Å². The van der Waals surface area contributed by atoms with Crippen molar-refractivity contribution < 1.29 is 4.74 Å². The minimum Gasteiger partial charge on any atom is -0.456 e. The molecule has 21 heavy (non-hydrogen) atoms. The maximum Gasteiger partial charge on any atom is 0.140 e. The average molecular weight is 272 g/mol. The molecule has 3 aromatic rings. The zero-order chi connectivity index (χ0) is 14.7. The second-order valence-corrected chi connectivity index (χ2v) is 5.18. The van der Waals surface area contributed by atoms with E-state index in [2.05, 4.69) is 51.2 Å². The monoisotopic (exact) mass is 272 g/mol. The third-order valence-corrected chi connectivity index (χ3v) is 3.64.